The van der Waals surface area contributed by atoms with Crippen LogP contribution < -0.4 is 11.5 Å². The van der Waals surface area contributed by atoms with Crippen LogP contribution in [0.5, 0.6) is 0 Å². The Kier molecular flexibility index (Phi) is 4.33. The highest BCUT2D eigenvalue weighted by Gasteiger charge is 2.19. The molecular formula is C11H20N6O2. The van der Waals surface area contributed by atoms with E-state index in [2.05, 4.69) is 15.2 Å². The Bertz CT molecular complexity index is 440. The van der Waals surface area contributed by atoms with Gasteiger partial charge in [-0.15, -0.1) is 5.10 Å². The zero-order chi connectivity index (χ0) is 13.8. The van der Waals surface area contributed by atoms with E-state index >= 15 is 0 Å². The van der Waals surface area contributed by atoms with Crippen LogP contribution in [0.25, 0.3) is 0 Å². The molecule has 1 atom stereocenters. The normalized spacial score (nSPS) is 18.4. The fraction of sp³-hybridized carbons (Fsp3) is 0.727. The number of nitrogens with zero attached hydrogens (tertiary/aromatic N) is 4. The van der Waals surface area contributed by atoms with Crippen molar-refractivity contribution in [3.63, 3.8) is 0 Å². The number of hydrogen-bond donors (Lipinski definition) is 3. The van der Waals surface area contributed by atoms with Crippen LogP contribution in [0.15, 0.2) is 0 Å². The molecule has 8 nitrogen and oxygen atoms in total. The van der Waals surface area contributed by atoms with Crippen LogP contribution in [-0.4, -0.2) is 56.6 Å². The molecule has 0 saturated carbocycles. The number of aliphatic hydroxyl groups excluding tert-OH is 1. The monoisotopic (exact) mass is 268 g/mol. The van der Waals surface area contributed by atoms with Gasteiger partial charge in [0.1, 0.15) is 0 Å². The van der Waals surface area contributed by atoms with Gasteiger partial charge in [0.25, 0.3) is 5.91 Å². The van der Waals surface area contributed by atoms with Crippen LogP contribution in [0.4, 0.5) is 5.82 Å². The Morgan fingerprint density at radius 3 is 2.58 bits per heavy atom. The van der Waals surface area contributed by atoms with Gasteiger partial charge in [0.05, 0.1) is 12.6 Å². The maximum atomic E-state index is 11.0. The molecule has 1 aliphatic rings. The van der Waals surface area contributed by atoms with Crippen molar-refractivity contribution in [3.05, 3.63) is 5.69 Å². The summed E-state index contributed by atoms with van der Waals surface area (Å²) in [7, 11) is 0. The second-order valence-corrected chi connectivity index (χ2v) is 4.88. The summed E-state index contributed by atoms with van der Waals surface area (Å²) < 4.78 is 1.31. The Morgan fingerprint density at radius 1 is 1.32 bits per heavy atom. The number of carbonyl (C=O) groups is 1. The molecule has 0 aromatic carbocycles. The highest BCUT2D eigenvalue weighted by molar-refractivity contribution is 5.94. The quantitative estimate of drug-likeness (QED) is 0.616. The summed E-state index contributed by atoms with van der Waals surface area (Å²) >= 11 is 0. The number of aliphatic hydroxyl groups is 1. The molecule has 0 spiro atoms. The maximum Gasteiger partial charge on any atom is 0.273 e. The van der Waals surface area contributed by atoms with Crippen LogP contribution in [0.3, 0.4) is 0 Å². The third-order valence-electron chi connectivity index (χ3n) is 3.31. The molecule has 106 valence electrons. The average molecular weight is 268 g/mol. The smallest absolute Gasteiger partial charge is 0.273 e. The molecule has 2 rings (SSSR count). The molecule has 8 heteroatoms. The average Bonchev–Trinajstić information content (AvgIpc) is 2.72. The fourth-order valence-corrected chi connectivity index (χ4v) is 2.33. The molecule has 1 aromatic heterocycles. The van der Waals surface area contributed by atoms with E-state index in [-0.39, 0.29) is 18.1 Å². The zero-order valence-corrected chi connectivity index (χ0v) is 10.8. The summed E-state index contributed by atoms with van der Waals surface area (Å²) in [5.74, 6) is -0.612. The van der Waals surface area contributed by atoms with Crippen molar-refractivity contribution in [2.24, 2.45) is 5.73 Å². The first-order valence-corrected chi connectivity index (χ1v) is 6.47. The number of β-amino-alcohol motifs (C(OH)–C–C–N with tert-alkyl or cyclic N) is 1. The van der Waals surface area contributed by atoms with Gasteiger partial charge in [-0.25, -0.2) is 4.68 Å². The van der Waals surface area contributed by atoms with Gasteiger partial charge in [0.2, 0.25) is 0 Å². The third kappa shape index (κ3) is 3.42. The van der Waals surface area contributed by atoms with E-state index in [1.165, 1.54) is 23.9 Å². The van der Waals surface area contributed by atoms with Crippen molar-refractivity contribution < 1.29 is 9.90 Å². The summed E-state index contributed by atoms with van der Waals surface area (Å²) in [6.07, 6.45) is 3.00. The Hall–Kier alpha value is -1.67. The summed E-state index contributed by atoms with van der Waals surface area (Å²) in [5.41, 5.74) is 10.8. The predicted molar refractivity (Wildman–Crippen MR) is 69.3 cm³/mol. The third-order valence-corrected chi connectivity index (χ3v) is 3.31. The van der Waals surface area contributed by atoms with E-state index in [1.54, 1.807) is 0 Å². The number of amides is 1. The van der Waals surface area contributed by atoms with Gasteiger partial charge in [0, 0.05) is 6.54 Å². The van der Waals surface area contributed by atoms with Crippen molar-refractivity contribution >= 4 is 11.7 Å². The largest absolute Gasteiger partial charge is 0.390 e. The molecule has 1 amide bonds. The maximum absolute atomic E-state index is 11.0. The van der Waals surface area contributed by atoms with E-state index in [0.29, 0.717) is 6.54 Å². The molecule has 0 radical (unpaired) electrons. The van der Waals surface area contributed by atoms with Gasteiger partial charge >= 0.3 is 0 Å². The second-order valence-electron chi connectivity index (χ2n) is 4.88. The topological polar surface area (TPSA) is 123 Å². The summed E-state index contributed by atoms with van der Waals surface area (Å²) in [4.78, 5) is 13.2. The molecule has 19 heavy (non-hydrogen) atoms. The van der Waals surface area contributed by atoms with Gasteiger partial charge in [-0.1, -0.05) is 11.6 Å². The lowest BCUT2D eigenvalue weighted by Crippen LogP contribution is -2.38. The summed E-state index contributed by atoms with van der Waals surface area (Å²) in [5, 5.41) is 17.4. The highest BCUT2D eigenvalue weighted by Crippen LogP contribution is 2.11. The Labute approximate surface area is 111 Å². The van der Waals surface area contributed by atoms with E-state index < -0.39 is 12.0 Å². The van der Waals surface area contributed by atoms with Crippen LogP contribution >= 0.6 is 0 Å². The lowest BCUT2D eigenvalue weighted by Gasteiger charge is -2.28. The predicted octanol–water partition coefficient (Wildman–Crippen LogP) is -1.19. The number of likely N-dealkylation sites (tertiary alicyclic amines) is 1. The van der Waals surface area contributed by atoms with Crippen molar-refractivity contribution in [1.82, 2.24) is 19.9 Å². The first-order chi connectivity index (χ1) is 9.08. The van der Waals surface area contributed by atoms with Crippen molar-refractivity contribution in [1.29, 1.82) is 0 Å². The first-order valence-electron chi connectivity index (χ1n) is 6.47. The molecule has 5 N–H and O–H groups in total. The van der Waals surface area contributed by atoms with Crippen LogP contribution in [0.2, 0.25) is 0 Å². The van der Waals surface area contributed by atoms with Gasteiger partial charge in [-0.3, -0.25) is 4.79 Å². The zero-order valence-electron chi connectivity index (χ0n) is 10.8. The lowest BCUT2D eigenvalue weighted by molar-refractivity contribution is 0.0856. The van der Waals surface area contributed by atoms with Crippen LogP contribution in [0.1, 0.15) is 29.8 Å². The van der Waals surface area contributed by atoms with Crippen LogP contribution in [0, 0.1) is 0 Å². The molecule has 1 unspecified atom stereocenters. The number of rotatable bonds is 5. The van der Waals surface area contributed by atoms with E-state index in [9.17, 15) is 9.90 Å². The minimum Gasteiger partial charge on any atom is -0.390 e. The lowest BCUT2D eigenvalue weighted by atomic mass is 10.1. The SMILES string of the molecule is NC(=O)c1nnn(CC(O)CN2CCCCC2)c1N. The van der Waals surface area contributed by atoms with E-state index in [4.69, 9.17) is 11.5 Å². The van der Waals surface area contributed by atoms with Crippen LogP contribution in [-0.2, 0) is 6.54 Å². The summed E-state index contributed by atoms with van der Waals surface area (Å²) in [6.45, 7) is 2.81. The molecule has 1 fully saturated rings. The minimum atomic E-state index is -0.714. The van der Waals surface area contributed by atoms with E-state index in [1.807, 2.05) is 0 Å². The number of hydrogen-bond acceptors (Lipinski definition) is 6. The Balaban J connectivity index is 1.91. The molecule has 0 bridgehead atoms. The fourth-order valence-electron chi connectivity index (χ4n) is 2.33. The molecule has 1 aromatic rings. The minimum absolute atomic E-state index is 0.0508. The summed E-state index contributed by atoms with van der Waals surface area (Å²) in [6, 6.07) is 0. The van der Waals surface area contributed by atoms with Crippen molar-refractivity contribution in [3.8, 4) is 0 Å². The standard InChI is InChI=1S/C11H20N6O2/c12-10-9(11(13)19)14-15-17(10)7-8(18)6-16-4-2-1-3-5-16/h8,18H,1-7,12H2,(H2,13,19). The molecular weight excluding hydrogens is 248 g/mol. The Morgan fingerprint density at radius 2 is 2.00 bits per heavy atom. The number of carbonyl (C=O) groups excluding carboxylic acids is 1. The number of nitrogens with two attached hydrogens (primary N) is 2. The van der Waals surface area contributed by atoms with Crippen molar-refractivity contribution in [2.75, 3.05) is 25.4 Å². The number of primary amides is 1. The highest BCUT2D eigenvalue weighted by atomic mass is 16.3. The number of aromatic nitrogens is 3. The molecule has 1 saturated heterocycles. The number of anilines is 1. The van der Waals surface area contributed by atoms with Gasteiger partial charge in [-0.05, 0) is 25.9 Å². The van der Waals surface area contributed by atoms with Gasteiger partial charge in [0.15, 0.2) is 11.5 Å². The number of piperidine rings is 1. The number of nitrogen functional groups attached to an aromatic ring is 1. The van der Waals surface area contributed by atoms with Gasteiger partial charge < -0.3 is 21.5 Å². The molecule has 0 aliphatic carbocycles. The second kappa shape index (κ2) is 5.98. The molecule has 2 heterocycles. The van der Waals surface area contributed by atoms with Gasteiger partial charge in [-0.2, -0.15) is 0 Å². The van der Waals surface area contributed by atoms with E-state index in [0.717, 1.165) is 13.1 Å². The first kappa shape index (κ1) is 13.8. The van der Waals surface area contributed by atoms with Crippen molar-refractivity contribution in [2.45, 2.75) is 31.9 Å². The molecule has 1 aliphatic heterocycles.